The molecule has 0 unspecified atom stereocenters. The van der Waals surface area contributed by atoms with E-state index < -0.39 is 17.1 Å². The third-order valence-electron chi connectivity index (χ3n) is 6.59. The number of rotatable bonds is 5. The number of carbonyl (C=O) groups excluding carboxylic acids is 3. The molecule has 1 fully saturated rings. The molecule has 2 aliphatic rings. The van der Waals surface area contributed by atoms with Gasteiger partial charge in [0.25, 0.3) is 0 Å². The van der Waals surface area contributed by atoms with Crippen molar-refractivity contribution in [2.45, 2.75) is 29.7 Å². The van der Waals surface area contributed by atoms with E-state index in [-0.39, 0.29) is 29.1 Å². The number of thiophene rings is 1. The number of hydrogen-bond acceptors (Lipinski definition) is 7. The lowest BCUT2D eigenvalue weighted by atomic mass is 9.87. The number of nitrogens with zero attached hydrogens (tertiary/aromatic N) is 2. The second-order valence-electron chi connectivity index (χ2n) is 9.09. The third-order valence-corrected chi connectivity index (χ3v) is 10.7. The van der Waals surface area contributed by atoms with Gasteiger partial charge in [-0.2, -0.15) is 0 Å². The number of aryl methyl sites for hydroxylation is 1. The number of hydrogen-bond donors (Lipinski definition) is 1. The SMILES string of the molecule is Cc1cccc(NC(=O)Cn2c3c(sc2=O)[C@@H](c2cccs2)[C@@H]2C(=O)N(c4ccc(Br)cc4)C(=O)[C@@H]2S3)c1. The van der Waals surface area contributed by atoms with Gasteiger partial charge >= 0.3 is 4.87 Å². The first kappa shape index (κ1) is 25.3. The molecule has 0 saturated carbocycles. The second-order valence-corrected chi connectivity index (χ2v) is 13.1. The number of anilines is 2. The molecule has 4 aromatic rings. The minimum atomic E-state index is -0.703. The molecule has 11 heteroatoms. The first-order chi connectivity index (χ1) is 18.3. The molecule has 3 amide bonds. The highest BCUT2D eigenvalue weighted by atomic mass is 79.9. The van der Waals surface area contributed by atoms with Crippen molar-refractivity contribution in [2.75, 3.05) is 10.2 Å². The predicted molar refractivity (Wildman–Crippen MR) is 154 cm³/mol. The van der Waals surface area contributed by atoms with Gasteiger partial charge in [-0.1, -0.05) is 57.2 Å². The van der Waals surface area contributed by atoms with Gasteiger partial charge in [0.05, 0.1) is 16.6 Å². The highest BCUT2D eigenvalue weighted by Crippen LogP contribution is 2.54. The summed E-state index contributed by atoms with van der Waals surface area (Å²) in [6, 6.07) is 18.3. The average Bonchev–Trinajstić information content (AvgIpc) is 3.58. The van der Waals surface area contributed by atoms with Crippen molar-refractivity contribution >= 4 is 79.5 Å². The van der Waals surface area contributed by atoms with Crippen LogP contribution in [0.3, 0.4) is 0 Å². The molecule has 4 heterocycles. The number of thioether (sulfide) groups is 1. The molecule has 192 valence electrons. The molecule has 0 aliphatic carbocycles. The summed E-state index contributed by atoms with van der Waals surface area (Å²) in [6.07, 6.45) is 0. The summed E-state index contributed by atoms with van der Waals surface area (Å²) < 4.78 is 2.28. The van der Waals surface area contributed by atoms with E-state index in [2.05, 4.69) is 21.2 Å². The summed E-state index contributed by atoms with van der Waals surface area (Å²) in [5.74, 6) is -2.00. The highest BCUT2D eigenvalue weighted by Gasteiger charge is 2.57. The Morgan fingerprint density at radius 2 is 1.82 bits per heavy atom. The van der Waals surface area contributed by atoms with Gasteiger partial charge in [0.1, 0.15) is 11.8 Å². The zero-order chi connectivity index (χ0) is 26.6. The fourth-order valence-electron chi connectivity index (χ4n) is 4.94. The number of benzene rings is 2. The average molecular weight is 627 g/mol. The van der Waals surface area contributed by atoms with Crippen LogP contribution in [0, 0.1) is 12.8 Å². The summed E-state index contributed by atoms with van der Waals surface area (Å²) in [7, 11) is 0. The zero-order valence-corrected chi connectivity index (χ0v) is 24.0. The van der Waals surface area contributed by atoms with Crippen molar-refractivity contribution in [1.29, 1.82) is 0 Å². The standard InChI is InChI=1S/C27H20BrN3O4S3/c1-14-4-2-5-16(12-14)29-19(32)13-30-26-23(38-27(30)35)20(18-6-3-11-36-18)21-22(37-26)25(34)31(24(21)33)17-9-7-15(28)8-10-17/h2-12,20-22H,13H2,1H3,(H,29,32)/t20-,21-,22+/m0/s1. The summed E-state index contributed by atoms with van der Waals surface area (Å²) in [5.41, 5.74) is 2.17. The maximum Gasteiger partial charge on any atom is 0.308 e. The van der Waals surface area contributed by atoms with E-state index in [9.17, 15) is 19.2 Å². The van der Waals surface area contributed by atoms with E-state index >= 15 is 0 Å². The van der Waals surface area contributed by atoms with Gasteiger partial charge in [-0.25, -0.2) is 4.90 Å². The van der Waals surface area contributed by atoms with E-state index in [0.29, 0.717) is 16.4 Å². The van der Waals surface area contributed by atoms with Crippen molar-refractivity contribution in [1.82, 2.24) is 4.57 Å². The minimum absolute atomic E-state index is 0.182. The fraction of sp³-hybridized carbons (Fsp3) is 0.185. The Morgan fingerprint density at radius 3 is 2.53 bits per heavy atom. The summed E-state index contributed by atoms with van der Waals surface area (Å²) in [6.45, 7) is 1.75. The van der Waals surface area contributed by atoms with E-state index in [4.69, 9.17) is 0 Å². The van der Waals surface area contributed by atoms with Crippen LogP contribution in [0.25, 0.3) is 0 Å². The number of amides is 3. The number of halogens is 1. The predicted octanol–water partition coefficient (Wildman–Crippen LogP) is 5.48. The van der Waals surface area contributed by atoms with Gasteiger partial charge in [0.2, 0.25) is 17.7 Å². The molecule has 2 aromatic carbocycles. The van der Waals surface area contributed by atoms with Gasteiger partial charge in [-0.05, 0) is 60.3 Å². The first-order valence-electron chi connectivity index (χ1n) is 11.8. The number of carbonyl (C=O) groups is 3. The lowest BCUT2D eigenvalue weighted by molar-refractivity contribution is -0.122. The Labute approximate surface area is 238 Å². The molecule has 0 spiro atoms. The van der Waals surface area contributed by atoms with Crippen LogP contribution in [0.5, 0.6) is 0 Å². The monoisotopic (exact) mass is 625 g/mol. The maximum atomic E-state index is 13.8. The molecule has 6 rings (SSSR count). The van der Waals surface area contributed by atoms with Gasteiger partial charge in [-0.15, -0.1) is 11.3 Å². The van der Waals surface area contributed by atoms with E-state index in [1.165, 1.54) is 32.6 Å². The van der Waals surface area contributed by atoms with Gasteiger partial charge in [0, 0.05) is 25.8 Å². The Bertz CT molecular complexity index is 1630. The topological polar surface area (TPSA) is 88.5 Å². The fourth-order valence-corrected chi connectivity index (χ4v) is 8.93. The molecule has 0 radical (unpaired) electrons. The van der Waals surface area contributed by atoms with Crippen LogP contribution in [0.2, 0.25) is 0 Å². The highest BCUT2D eigenvalue weighted by molar-refractivity contribution is 9.10. The van der Waals surface area contributed by atoms with Crippen molar-refractivity contribution in [3.63, 3.8) is 0 Å². The lowest BCUT2D eigenvalue weighted by Gasteiger charge is -2.29. The zero-order valence-electron chi connectivity index (χ0n) is 19.9. The Kier molecular flexibility index (Phi) is 6.63. The number of thiazole rings is 1. The number of aromatic nitrogens is 1. The van der Waals surface area contributed by atoms with Gasteiger partial charge < -0.3 is 5.32 Å². The van der Waals surface area contributed by atoms with Gasteiger partial charge in [-0.3, -0.25) is 23.7 Å². The minimum Gasteiger partial charge on any atom is -0.325 e. The second kappa shape index (κ2) is 9.96. The smallest absolute Gasteiger partial charge is 0.308 e. The largest absolute Gasteiger partial charge is 0.325 e. The maximum absolute atomic E-state index is 13.8. The van der Waals surface area contributed by atoms with E-state index in [1.807, 2.05) is 42.6 Å². The van der Waals surface area contributed by atoms with Crippen LogP contribution in [0.4, 0.5) is 11.4 Å². The molecule has 7 nitrogen and oxygen atoms in total. The normalized spacial score (nSPS) is 20.4. The molecule has 38 heavy (non-hydrogen) atoms. The first-order valence-corrected chi connectivity index (χ1v) is 15.1. The van der Waals surface area contributed by atoms with E-state index in [0.717, 1.165) is 31.1 Å². The van der Waals surface area contributed by atoms with Crippen LogP contribution in [0.1, 0.15) is 21.2 Å². The number of fused-ring (bicyclic) bond motifs is 2. The van der Waals surface area contributed by atoms with Crippen molar-refractivity contribution in [3.05, 3.63) is 95.5 Å². The van der Waals surface area contributed by atoms with Crippen LogP contribution in [0.15, 0.2) is 80.3 Å². The number of nitrogens with one attached hydrogen (secondary N) is 1. The van der Waals surface area contributed by atoms with Crippen LogP contribution >= 0.6 is 50.4 Å². The van der Waals surface area contributed by atoms with E-state index in [1.54, 1.807) is 30.3 Å². The van der Waals surface area contributed by atoms with Crippen LogP contribution < -0.4 is 15.1 Å². The molecule has 1 saturated heterocycles. The molecular formula is C27H20BrN3O4S3. The van der Waals surface area contributed by atoms with Crippen molar-refractivity contribution in [2.24, 2.45) is 5.92 Å². The summed E-state index contributed by atoms with van der Waals surface area (Å²) >= 11 is 7.16. The Morgan fingerprint density at radius 1 is 1.03 bits per heavy atom. The summed E-state index contributed by atoms with van der Waals surface area (Å²) in [4.78, 5) is 56.2. The quantitative estimate of drug-likeness (QED) is 0.297. The lowest BCUT2D eigenvalue weighted by Crippen LogP contribution is -2.32. The Hall–Kier alpha value is -2.99. The molecular weight excluding hydrogens is 606 g/mol. The third kappa shape index (κ3) is 4.37. The summed E-state index contributed by atoms with van der Waals surface area (Å²) in [5, 5.41) is 4.66. The molecule has 1 N–H and O–H groups in total. The molecule has 0 bridgehead atoms. The van der Waals surface area contributed by atoms with Crippen molar-refractivity contribution < 1.29 is 14.4 Å². The number of imide groups is 1. The van der Waals surface area contributed by atoms with Crippen LogP contribution in [-0.2, 0) is 20.9 Å². The van der Waals surface area contributed by atoms with Gasteiger partial charge in [0.15, 0.2) is 0 Å². The Balaban J connectivity index is 1.38. The molecule has 2 aromatic heterocycles. The van der Waals surface area contributed by atoms with Crippen LogP contribution in [-0.4, -0.2) is 27.5 Å². The molecule has 3 atom stereocenters. The molecule has 2 aliphatic heterocycles. The van der Waals surface area contributed by atoms with Crippen molar-refractivity contribution in [3.8, 4) is 0 Å².